The van der Waals surface area contributed by atoms with Crippen LogP contribution in [0.1, 0.15) is 12.5 Å². The number of hydrogen-bond acceptors (Lipinski definition) is 4. The summed E-state index contributed by atoms with van der Waals surface area (Å²) >= 11 is 1.22. The van der Waals surface area contributed by atoms with E-state index in [4.69, 9.17) is 4.42 Å². The van der Waals surface area contributed by atoms with E-state index in [1.165, 1.54) is 17.8 Å². The van der Waals surface area contributed by atoms with Gasteiger partial charge >= 0.3 is 0 Å². The maximum atomic E-state index is 14.1. The van der Waals surface area contributed by atoms with Crippen molar-refractivity contribution in [1.29, 1.82) is 0 Å². The molecule has 3 rings (SSSR count). The van der Waals surface area contributed by atoms with E-state index in [9.17, 15) is 4.39 Å². The fourth-order valence-electron chi connectivity index (χ4n) is 2.05. The van der Waals surface area contributed by atoms with Gasteiger partial charge in [-0.25, -0.2) is 9.37 Å². The molecule has 0 radical (unpaired) electrons. The Bertz CT molecular complexity index is 724. The molecular weight excluding hydrogens is 287 g/mol. The van der Waals surface area contributed by atoms with Gasteiger partial charge in [0.25, 0.3) is 5.22 Å². The van der Waals surface area contributed by atoms with Gasteiger partial charge in [-0.15, -0.1) is 0 Å². The summed E-state index contributed by atoms with van der Waals surface area (Å²) in [4.78, 5) is 4.94. The lowest BCUT2D eigenvalue weighted by Crippen LogP contribution is -2.12. The Hall–Kier alpha value is -1.85. The third-order valence-electron chi connectivity index (χ3n) is 3.08. The molecule has 0 atom stereocenters. The molecule has 0 aliphatic rings. The van der Waals surface area contributed by atoms with Gasteiger partial charge in [-0.3, -0.25) is 0 Å². The summed E-state index contributed by atoms with van der Waals surface area (Å²) in [5, 5.41) is 3.67. The van der Waals surface area contributed by atoms with Gasteiger partial charge in [0.2, 0.25) is 0 Å². The zero-order chi connectivity index (χ0) is 14.7. The van der Waals surface area contributed by atoms with Gasteiger partial charge in [-0.2, -0.15) is 0 Å². The maximum absolute atomic E-state index is 14.1. The number of nitrogens with one attached hydrogen (secondary N) is 1. The van der Waals surface area contributed by atoms with Crippen molar-refractivity contribution in [2.75, 3.05) is 6.54 Å². The highest BCUT2D eigenvalue weighted by molar-refractivity contribution is 7.99. The number of rotatable bonds is 5. The van der Waals surface area contributed by atoms with E-state index in [0.717, 1.165) is 17.6 Å². The molecule has 108 valence electrons. The minimum atomic E-state index is -0.252. The average molecular weight is 302 g/mol. The van der Waals surface area contributed by atoms with Gasteiger partial charge in [0.15, 0.2) is 5.58 Å². The fourth-order valence-corrected chi connectivity index (χ4v) is 2.94. The number of nitrogens with zero attached hydrogens (tertiary/aromatic N) is 1. The Morgan fingerprint density at radius 2 is 2.05 bits per heavy atom. The number of aromatic nitrogens is 1. The Morgan fingerprint density at radius 3 is 2.86 bits per heavy atom. The first-order chi connectivity index (χ1) is 10.3. The van der Waals surface area contributed by atoms with Crippen LogP contribution in [0.3, 0.4) is 0 Å². The zero-order valence-electron chi connectivity index (χ0n) is 11.6. The van der Waals surface area contributed by atoms with Crippen LogP contribution in [-0.2, 0) is 6.54 Å². The third kappa shape index (κ3) is 3.09. The van der Waals surface area contributed by atoms with Crippen LogP contribution in [0.5, 0.6) is 0 Å². The number of benzene rings is 2. The van der Waals surface area contributed by atoms with Crippen LogP contribution < -0.4 is 5.32 Å². The summed E-state index contributed by atoms with van der Waals surface area (Å²) < 4.78 is 19.8. The summed E-state index contributed by atoms with van der Waals surface area (Å²) in [6.07, 6.45) is 0. The van der Waals surface area contributed by atoms with Crippen molar-refractivity contribution < 1.29 is 8.81 Å². The van der Waals surface area contributed by atoms with Crippen LogP contribution in [0.4, 0.5) is 4.39 Å². The van der Waals surface area contributed by atoms with Crippen molar-refractivity contribution >= 4 is 22.9 Å². The first-order valence-electron chi connectivity index (χ1n) is 6.79. The van der Waals surface area contributed by atoms with Crippen LogP contribution in [-0.4, -0.2) is 11.5 Å². The number of oxazole rings is 1. The molecule has 0 saturated heterocycles. The zero-order valence-corrected chi connectivity index (χ0v) is 12.4. The lowest BCUT2D eigenvalue weighted by Gasteiger charge is -2.08. The molecule has 0 unspecified atom stereocenters. The molecule has 1 N–H and O–H groups in total. The Kier molecular flexibility index (Phi) is 4.22. The van der Waals surface area contributed by atoms with Crippen LogP contribution >= 0.6 is 11.8 Å². The summed E-state index contributed by atoms with van der Waals surface area (Å²) in [6, 6.07) is 12.6. The third-order valence-corrected chi connectivity index (χ3v) is 4.09. The molecule has 0 spiro atoms. The van der Waals surface area contributed by atoms with Gasteiger partial charge in [-0.1, -0.05) is 31.2 Å². The number of halogens is 1. The molecule has 0 saturated carbocycles. The van der Waals surface area contributed by atoms with Crippen molar-refractivity contribution in [3.63, 3.8) is 0 Å². The Balaban J connectivity index is 1.93. The molecule has 1 aromatic heterocycles. The molecule has 0 amide bonds. The van der Waals surface area contributed by atoms with Gasteiger partial charge in [0.1, 0.15) is 11.3 Å². The van der Waals surface area contributed by atoms with Gasteiger partial charge in [-0.05, 0) is 42.1 Å². The summed E-state index contributed by atoms with van der Waals surface area (Å²) in [6.45, 7) is 3.48. The Labute approximate surface area is 126 Å². The number of fused-ring (bicyclic) bond motifs is 1. The monoisotopic (exact) mass is 302 g/mol. The second-order valence-electron chi connectivity index (χ2n) is 4.56. The van der Waals surface area contributed by atoms with E-state index in [1.54, 1.807) is 6.07 Å². The normalized spacial score (nSPS) is 11.1. The van der Waals surface area contributed by atoms with Gasteiger partial charge in [0, 0.05) is 6.54 Å². The second-order valence-corrected chi connectivity index (χ2v) is 5.52. The van der Waals surface area contributed by atoms with E-state index in [1.807, 2.05) is 37.3 Å². The summed E-state index contributed by atoms with van der Waals surface area (Å²) in [7, 11) is 0. The molecule has 0 aliphatic heterocycles. The second kappa shape index (κ2) is 6.28. The SMILES string of the molecule is CCNCc1cccc(F)c1Sc1nc2ccccc2o1. The molecular formula is C16H15FN2OS. The quantitative estimate of drug-likeness (QED) is 0.765. The number of para-hydroxylation sites is 2. The maximum Gasteiger partial charge on any atom is 0.261 e. The predicted molar refractivity (Wildman–Crippen MR) is 81.9 cm³/mol. The highest BCUT2D eigenvalue weighted by atomic mass is 32.2. The molecule has 5 heteroatoms. The molecule has 21 heavy (non-hydrogen) atoms. The van der Waals surface area contributed by atoms with E-state index in [2.05, 4.69) is 10.3 Å². The average Bonchev–Trinajstić information content (AvgIpc) is 2.90. The van der Waals surface area contributed by atoms with Crippen molar-refractivity contribution in [3.05, 3.63) is 53.8 Å². The standard InChI is InChI=1S/C16H15FN2OS/c1-2-18-10-11-6-5-7-12(17)15(11)21-16-19-13-8-3-4-9-14(13)20-16/h3-9,18H,2,10H2,1H3. The first-order valence-corrected chi connectivity index (χ1v) is 7.61. The van der Waals surface area contributed by atoms with E-state index < -0.39 is 0 Å². The first kappa shape index (κ1) is 14.1. The minimum Gasteiger partial charge on any atom is -0.431 e. The lowest BCUT2D eigenvalue weighted by atomic mass is 10.2. The van der Waals surface area contributed by atoms with Crippen LogP contribution in [0.15, 0.2) is 57.0 Å². The van der Waals surface area contributed by atoms with Crippen molar-refractivity contribution in [2.45, 2.75) is 23.6 Å². The summed E-state index contributed by atoms with van der Waals surface area (Å²) in [5.74, 6) is -0.252. The molecule has 0 fully saturated rings. The molecule has 0 aliphatic carbocycles. The van der Waals surface area contributed by atoms with Crippen molar-refractivity contribution in [2.24, 2.45) is 0 Å². The highest BCUT2D eigenvalue weighted by Crippen LogP contribution is 2.33. The van der Waals surface area contributed by atoms with Crippen molar-refractivity contribution in [3.8, 4) is 0 Å². The topological polar surface area (TPSA) is 38.1 Å². The fraction of sp³-hybridized carbons (Fsp3) is 0.188. The van der Waals surface area contributed by atoms with Crippen LogP contribution in [0, 0.1) is 5.82 Å². The Morgan fingerprint density at radius 1 is 1.19 bits per heavy atom. The van der Waals surface area contributed by atoms with Crippen LogP contribution in [0.2, 0.25) is 0 Å². The smallest absolute Gasteiger partial charge is 0.261 e. The number of hydrogen-bond donors (Lipinski definition) is 1. The summed E-state index contributed by atoms with van der Waals surface area (Å²) in [5.41, 5.74) is 2.40. The highest BCUT2D eigenvalue weighted by Gasteiger charge is 2.14. The minimum absolute atomic E-state index is 0.252. The van der Waals surface area contributed by atoms with Gasteiger partial charge < -0.3 is 9.73 Å². The predicted octanol–water partition coefficient (Wildman–Crippen LogP) is 4.23. The van der Waals surface area contributed by atoms with Crippen molar-refractivity contribution in [1.82, 2.24) is 10.3 Å². The molecule has 2 aromatic carbocycles. The van der Waals surface area contributed by atoms with E-state index in [0.29, 0.717) is 22.2 Å². The largest absolute Gasteiger partial charge is 0.431 e. The molecule has 0 bridgehead atoms. The van der Waals surface area contributed by atoms with Gasteiger partial charge in [0.05, 0.1) is 4.90 Å². The molecule has 1 heterocycles. The molecule has 3 aromatic rings. The van der Waals surface area contributed by atoms with E-state index in [-0.39, 0.29) is 5.82 Å². The molecule has 3 nitrogen and oxygen atoms in total. The van der Waals surface area contributed by atoms with E-state index >= 15 is 0 Å². The lowest BCUT2D eigenvalue weighted by molar-refractivity contribution is 0.488. The van der Waals surface area contributed by atoms with Crippen LogP contribution in [0.25, 0.3) is 11.1 Å².